The van der Waals surface area contributed by atoms with Gasteiger partial charge in [-0.25, -0.2) is 0 Å². The minimum Gasteiger partial charge on any atom is -0.378 e. The Morgan fingerprint density at radius 1 is 1.27 bits per heavy atom. The van der Waals surface area contributed by atoms with Gasteiger partial charge in [-0.2, -0.15) is 0 Å². The van der Waals surface area contributed by atoms with Gasteiger partial charge in [-0.15, -0.1) is 0 Å². The molecule has 0 aromatic heterocycles. The Kier molecular flexibility index (Phi) is 5.95. The first kappa shape index (κ1) is 16.5. The van der Waals surface area contributed by atoms with Crippen molar-refractivity contribution in [3.05, 3.63) is 29.8 Å². The van der Waals surface area contributed by atoms with Gasteiger partial charge in [0.2, 0.25) is 5.91 Å². The van der Waals surface area contributed by atoms with Crippen LogP contribution >= 0.6 is 0 Å². The summed E-state index contributed by atoms with van der Waals surface area (Å²) in [7, 11) is 1.81. The van der Waals surface area contributed by atoms with E-state index in [4.69, 9.17) is 4.74 Å². The molecule has 0 radical (unpaired) electrons. The first-order valence-corrected chi connectivity index (χ1v) is 7.81. The van der Waals surface area contributed by atoms with Crippen LogP contribution in [0.15, 0.2) is 24.3 Å². The number of ether oxygens (including phenoxy) is 1. The third-order valence-corrected chi connectivity index (χ3v) is 3.86. The van der Waals surface area contributed by atoms with E-state index in [9.17, 15) is 9.59 Å². The van der Waals surface area contributed by atoms with Crippen LogP contribution in [0.1, 0.15) is 43.0 Å². The Balaban J connectivity index is 1.85. The van der Waals surface area contributed by atoms with Crippen molar-refractivity contribution in [2.24, 2.45) is 0 Å². The van der Waals surface area contributed by atoms with Gasteiger partial charge in [0.1, 0.15) is 0 Å². The van der Waals surface area contributed by atoms with Crippen molar-refractivity contribution in [2.75, 3.05) is 25.5 Å². The number of hydrogen-bond acceptors (Lipinski definition) is 3. The van der Waals surface area contributed by atoms with Crippen molar-refractivity contribution in [3.63, 3.8) is 0 Å². The fourth-order valence-corrected chi connectivity index (χ4v) is 2.59. The van der Waals surface area contributed by atoms with Crippen molar-refractivity contribution in [3.8, 4) is 0 Å². The van der Waals surface area contributed by atoms with E-state index in [-0.39, 0.29) is 17.9 Å². The molecule has 0 aliphatic carbocycles. The molecule has 2 amide bonds. The summed E-state index contributed by atoms with van der Waals surface area (Å²) < 4.78 is 5.69. The van der Waals surface area contributed by atoms with Gasteiger partial charge < -0.3 is 15.0 Å². The maximum atomic E-state index is 12.3. The molecule has 120 valence electrons. The van der Waals surface area contributed by atoms with Gasteiger partial charge >= 0.3 is 0 Å². The highest BCUT2D eigenvalue weighted by molar-refractivity contribution is 5.95. The summed E-state index contributed by atoms with van der Waals surface area (Å²) in [5, 5.41) is 2.69. The zero-order chi connectivity index (χ0) is 15.9. The van der Waals surface area contributed by atoms with Crippen LogP contribution < -0.4 is 5.32 Å². The second kappa shape index (κ2) is 7.94. The number of amides is 2. The van der Waals surface area contributed by atoms with E-state index < -0.39 is 0 Å². The topological polar surface area (TPSA) is 58.6 Å². The first-order valence-electron chi connectivity index (χ1n) is 7.81. The summed E-state index contributed by atoms with van der Waals surface area (Å²) in [5.74, 6) is -0.131. The van der Waals surface area contributed by atoms with E-state index in [1.165, 1.54) is 13.3 Å². The van der Waals surface area contributed by atoms with Gasteiger partial charge in [0.15, 0.2) is 0 Å². The zero-order valence-corrected chi connectivity index (χ0v) is 13.3. The SMILES string of the molecule is CC(=O)Nc1ccc(C(=O)N(C)CCC2CCCCO2)cc1. The smallest absolute Gasteiger partial charge is 0.253 e. The van der Waals surface area contributed by atoms with E-state index in [2.05, 4.69) is 5.32 Å². The minimum atomic E-state index is -0.122. The lowest BCUT2D eigenvalue weighted by Gasteiger charge is -2.25. The average molecular weight is 304 g/mol. The number of nitrogens with one attached hydrogen (secondary N) is 1. The summed E-state index contributed by atoms with van der Waals surface area (Å²) in [5.41, 5.74) is 1.32. The Morgan fingerprint density at radius 2 is 2.00 bits per heavy atom. The molecular weight excluding hydrogens is 280 g/mol. The van der Waals surface area contributed by atoms with Gasteiger partial charge in [-0.05, 0) is 49.9 Å². The van der Waals surface area contributed by atoms with E-state index in [1.807, 2.05) is 7.05 Å². The Labute approximate surface area is 131 Å². The quantitative estimate of drug-likeness (QED) is 0.910. The third kappa shape index (κ3) is 4.84. The normalized spacial score (nSPS) is 17.8. The van der Waals surface area contributed by atoms with Gasteiger partial charge in [-0.1, -0.05) is 0 Å². The largest absolute Gasteiger partial charge is 0.378 e. The van der Waals surface area contributed by atoms with Crippen LogP contribution in [0, 0.1) is 0 Å². The van der Waals surface area contributed by atoms with E-state index in [0.29, 0.717) is 17.8 Å². The maximum Gasteiger partial charge on any atom is 0.253 e. The molecule has 0 bridgehead atoms. The molecule has 1 N–H and O–H groups in total. The molecule has 22 heavy (non-hydrogen) atoms. The zero-order valence-electron chi connectivity index (χ0n) is 13.3. The Bertz CT molecular complexity index is 507. The number of benzene rings is 1. The van der Waals surface area contributed by atoms with E-state index >= 15 is 0 Å². The molecule has 5 nitrogen and oxygen atoms in total. The molecule has 1 aromatic carbocycles. The summed E-state index contributed by atoms with van der Waals surface area (Å²) in [4.78, 5) is 25.1. The van der Waals surface area contributed by atoms with Crippen LogP contribution in [0.5, 0.6) is 0 Å². The molecule has 1 atom stereocenters. The predicted octanol–water partition coefficient (Wildman–Crippen LogP) is 2.68. The molecule has 0 saturated carbocycles. The lowest BCUT2D eigenvalue weighted by molar-refractivity contribution is -0.114. The number of rotatable bonds is 5. The van der Waals surface area contributed by atoms with Crippen molar-refractivity contribution in [2.45, 2.75) is 38.7 Å². The molecule has 5 heteroatoms. The second-order valence-corrected chi connectivity index (χ2v) is 5.76. The van der Waals surface area contributed by atoms with Crippen LogP contribution in [0.25, 0.3) is 0 Å². The van der Waals surface area contributed by atoms with Crippen LogP contribution in [-0.4, -0.2) is 43.0 Å². The molecule has 1 aliphatic heterocycles. The van der Waals surface area contributed by atoms with Gasteiger partial charge in [0.05, 0.1) is 6.10 Å². The second-order valence-electron chi connectivity index (χ2n) is 5.76. The highest BCUT2D eigenvalue weighted by Gasteiger charge is 2.17. The standard InChI is InChI=1S/C17H24N2O3/c1-13(20)18-15-8-6-14(7-9-15)17(21)19(2)11-10-16-5-3-4-12-22-16/h6-9,16H,3-5,10-12H2,1-2H3,(H,18,20). The minimum absolute atomic E-state index is 0.00909. The monoisotopic (exact) mass is 304 g/mol. The number of carbonyl (C=O) groups excluding carboxylic acids is 2. The van der Waals surface area contributed by atoms with Gasteiger partial charge in [0.25, 0.3) is 5.91 Å². The van der Waals surface area contributed by atoms with Crippen molar-refractivity contribution in [1.82, 2.24) is 4.90 Å². The number of hydrogen-bond donors (Lipinski definition) is 1. The molecule has 1 fully saturated rings. The Hall–Kier alpha value is -1.88. The van der Waals surface area contributed by atoms with Gasteiger partial charge in [0, 0.05) is 38.4 Å². The molecule has 2 rings (SSSR count). The highest BCUT2D eigenvalue weighted by atomic mass is 16.5. The summed E-state index contributed by atoms with van der Waals surface area (Å²) >= 11 is 0. The lowest BCUT2D eigenvalue weighted by Crippen LogP contribution is -2.31. The molecular formula is C17H24N2O3. The molecule has 1 aliphatic rings. The fourth-order valence-electron chi connectivity index (χ4n) is 2.59. The van der Waals surface area contributed by atoms with Gasteiger partial charge in [-0.3, -0.25) is 9.59 Å². The van der Waals surface area contributed by atoms with Crippen molar-refractivity contribution >= 4 is 17.5 Å². The number of anilines is 1. The fraction of sp³-hybridized carbons (Fsp3) is 0.529. The maximum absolute atomic E-state index is 12.3. The Morgan fingerprint density at radius 3 is 2.59 bits per heavy atom. The third-order valence-electron chi connectivity index (χ3n) is 3.86. The van der Waals surface area contributed by atoms with Crippen LogP contribution in [0.4, 0.5) is 5.69 Å². The molecule has 1 heterocycles. The van der Waals surface area contributed by atoms with Crippen LogP contribution in [-0.2, 0) is 9.53 Å². The summed E-state index contributed by atoms with van der Waals surface area (Å²) in [6, 6.07) is 6.96. The van der Waals surface area contributed by atoms with Crippen molar-refractivity contribution in [1.29, 1.82) is 0 Å². The summed E-state index contributed by atoms with van der Waals surface area (Å²) in [6.07, 6.45) is 4.62. The number of nitrogens with zero attached hydrogens (tertiary/aromatic N) is 1. The van der Waals surface area contributed by atoms with Crippen LogP contribution in [0.3, 0.4) is 0 Å². The van der Waals surface area contributed by atoms with E-state index in [0.717, 1.165) is 25.9 Å². The molecule has 1 saturated heterocycles. The number of carbonyl (C=O) groups is 2. The lowest BCUT2D eigenvalue weighted by atomic mass is 10.1. The van der Waals surface area contributed by atoms with E-state index in [1.54, 1.807) is 29.2 Å². The molecule has 1 unspecified atom stereocenters. The molecule has 1 aromatic rings. The van der Waals surface area contributed by atoms with Crippen molar-refractivity contribution < 1.29 is 14.3 Å². The highest BCUT2D eigenvalue weighted by Crippen LogP contribution is 2.16. The summed E-state index contributed by atoms with van der Waals surface area (Å²) in [6.45, 7) is 2.99. The first-order chi connectivity index (χ1) is 10.6. The van der Waals surface area contributed by atoms with Crippen LogP contribution in [0.2, 0.25) is 0 Å². The predicted molar refractivity (Wildman–Crippen MR) is 85.9 cm³/mol. The average Bonchev–Trinajstić information content (AvgIpc) is 2.53. The molecule has 0 spiro atoms.